The quantitative estimate of drug-likeness (QED) is 0.812. The zero-order valence-corrected chi connectivity index (χ0v) is 10.9. The molecule has 2 rings (SSSR count). The molecule has 1 aromatic rings. The Labute approximate surface area is 100.0 Å². The van der Waals surface area contributed by atoms with Gasteiger partial charge in [0.1, 0.15) is 0 Å². The van der Waals surface area contributed by atoms with Crippen molar-refractivity contribution in [1.82, 2.24) is 5.32 Å². The second kappa shape index (κ2) is 4.73. The highest BCUT2D eigenvalue weighted by Crippen LogP contribution is 2.35. The minimum absolute atomic E-state index is 0.339. The van der Waals surface area contributed by atoms with Crippen LogP contribution < -0.4 is 5.32 Å². The highest BCUT2D eigenvalue weighted by molar-refractivity contribution is 7.98. The van der Waals surface area contributed by atoms with Crippen molar-refractivity contribution in [2.75, 3.05) is 12.8 Å². The van der Waals surface area contributed by atoms with E-state index >= 15 is 0 Å². The molecule has 1 unspecified atom stereocenters. The van der Waals surface area contributed by atoms with Crippen LogP contribution in [0.3, 0.4) is 0 Å². The third-order valence-corrected chi connectivity index (χ3v) is 5.02. The fourth-order valence-corrected chi connectivity index (χ4v) is 4.52. The van der Waals surface area contributed by atoms with E-state index in [-0.39, 0.29) is 0 Å². The fourth-order valence-electron chi connectivity index (χ4n) is 1.94. The molecule has 0 radical (unpaired) electrons. The number of likely N-dealkylation sites (N-methyl/N-ethyl adjacent to an activating group) is 1. The predicted molar refractivity (Wildman–Crippen MR) is 70.8 cm³/mol. The summed E-state index contributed by atoms with van der Waals surface area (Å²) in [5.74, 6) is 2.47. The Morgan fingerprint density at radius 2 is 2.40 bits per heavy atom. The normalized spacial score (nSPS) is 17.2. The zero-order valence-electron chi connectivity index (χ0n) is 9.30. The summed E-state index contributed by atoms with van der Waals surface area (Å²) in [6.45, 7) is 6.14. The van der Waals surface area contributed by atoms with Crippen molar-refractivity contribution in [3.05, 3.63) is 33.5 Å². The van der Waals surface area contributed by atoms with E-state index in [4.69, 9.17) is 0 Å². The maximum atomic E-state index is 4.05. The molecule has 0 saturated carbocycles. The molecule has 1 atom stereocenters. The molecule has 0 aliphatic carbocycles. The van der Waals surface area contributed by atoms with E-state index in [1.54, 1.807) is 10.4 Å². The molecule has 1 aliphatic heterocycles. The van der Waals surface area contributed by atoms with Gasteiger partial charge in [0.25, 0.3) is 0 Å². The molecule has 0 bridgehead atoms. The average Bonchev–Trinajstić information content (AvgIpc) is 2.61. The second-order valence-electron chi connectivity index (χ2n) is 3.97. The van der Waals surface area contributed by atoms with Gasteiger partial charge in [-0.3, -0.25) is 0 Å². The molecule has 0 aromatic carbocycles. The first kappa shape index (κ1) is 11.2. The van der Waals surface area contributed by atoms with Crippen molar-refractivity contribution in [3.8, 4) is 0 Å². The number of aryl methyl sites for hydroxylation is 1. The molecule has 1 aliphatic rings. The molecule has 0 amide bonds. The maximum Gasteiger partial charge on any atom is 0.0622 e. The minimum Gasteiger partial charge on any atom is -0.309 e. The largest absolute Gasteiger partial charge is 0.309 e. The Bertz CT molecular complexity index is 344. The summed E-state index contributed by atoms with van der Waals surface area (Å²) < 4.78 is 0. The van der Waals surface area contributed by atoms with Crippen molar-refractivity contribution in [2.24, 2.45) is 0 Å². The smallest absolute Gasteiger partial charge is 0.0622 e. The van der Waals surface area contributed by atoms with Gasteiger partial charge in [-0.05, 0) is 37.8 Å². The van der Waals surface area contributed by atoms with Crippen LogP contribution in [-0.2, 0) is 12.2 Å². The van der Waals surface area contributed by atoms with Gasteiger partial charge in [0.2, 0.25) is 0 Å². The van der Waals surface area contributed by atoms with Gasteiger partial charge in [0.05, 0.1) is 6.04 Å². The summed E-state index contributed by atoms with van der Waals surface area (Å²) in [4.78, 5) is 3.02. The van der Waals surface area contributed by atoms with Crippen LogP contribution in [0.5, 0.6) is 0 Å². The molecule has 0 fully saturated rings. The number of hydrogen-bond donors (Lipinski definition) is 1. The van der Waals surface area contributed by atoms with E-state index in [0.717, 1.165) is 0 Å². The summed E-state index contributed by atoms with van der Waals surface area (Å²) in [6, 6.07) is 2.70. The lowest BCUT2D eigenvalue weighted by atomic mass is 10.1. The van der Waals surface area contributed by atoms with Gasteiger partial charge >= 0.3 is 0 Å². The van der Waals surface area contributed by atoms with E-state index < -0.39 is 0 Å². The van der Waals surface area contributed by atoms with Crippen LogP contribution in [0.25, 0.3) is 0 Å². The third-order valence-electron chi connectivity index (χ3n) is 2.71. The number of thiophene rings is 1. The molecule has 1 aromatic heterocycles. The van der Waals surface area contributed by atoms with Crippen LogP contribution in [0.1, 0.15) is 28.3 Å². The lowest BCUT2D eigenvalue weighted by Gasteiger charge is -2.13. The first-order valence-electron chi connectivity index (χ1n) is 5.24. The van der Waals surface area contributed by atoms with Crippen molar-refractivity contribution >= 4 is 23.1 Å². The van der Waals surface area contributed by atoms with Gasteiger partial charge in [-0.15, -0.1) is 11.3 Å². The molecule has 1 N–H and O–H groups in total. The van der Waals surface area contributed by atoms with Gasteiger partial charge in [-0.2, -0.15) is 11.8 Å². The summed E-state index contributed by atoms with van der Waals surface area (Å²) in [5.41, 5.74) is 2.75. The molecule has 0 saturated heterocycles. The van der Waals surface area contributed by atoms with Crippen molar-refractivity contribution < 1.29 is 0 Å². The van der Waals surface area contributed by atoms with Crippen molar-refractivity contribution in [2.45, 2.75) is 25.1 Å². The van der Waals surface area contributed by atoms with E-state index in [1.165, 1.54) is 28.4 Å². The highest BCUT2D eigenvalue weighted by atomic mass is 32.2. The third kappa shape index (κ3) is 2.30. The van der Waals surface area contributed by atoms with Gasteiger partial charge in [-0.1, -0.05) is 12.2 Å². The molecule has 15 heavy (non-hydrogen) atoms. The van der Waals surface area contributed by atoms with Gasteiger partial charge in [0.15, 0.2) is 0 Å². The topological polar surface area (TPSA) is 12.0 Å². The lowest BCUT2D eigenvalue weighted by molar-refractivity contribution is 0.691. The Kier molecular flexibility index (Phi) is 3.54. The number of rotatable bonds is 3. The minimum atomic E-state index is 0.339. The van der Waals surface area contributed by atoms with Crippen LogP contribution in [0.4, 0.5) is 0 Å². The van der Waals surface area contributed by atoms with E-state index in [9.17, 15) is 0 Å². The molecular weight excluding hydrogens is 222 g/mol. The maximum absolute atomic E-state index is 4.05. The fraction of sp³-hybridized carbons (Fsp3) is 0.500. The monoisotopic (exact) mass is 239 g/mol. The SMILES string of the molecule is C=C(C)C(NC)c1cc2c(s1)CCSC2. The zero-order chi connectivity index (χ0) is 10.8. The van der Waals surface area contributed by atoms with Gasteiger partial charge in [0, 0.05) is 15.5 Å². The molecule has 82 valence electrons. The van der Waals surface area contributed by atoms with Crippen molar-refractivity contribution in [3.63, 3.8) is 0 Å². The second-order valence-corrected chi connectivity index (χ2v) is 6.24. The van der Waals surface area contributed by atoms with Gasteiger partial charge in [-0.25, -0.2) is 0 Å². The van der Waals surface area contributed by atoms with Crippen LogP contribution in [0.15, 0.2) is 18.2 Å². The highest BCUT2D eigenvalue weighted by Gasteiger charge is 2.18. The van der Waals surface area contributed by atoms with Crippen molar-refractivity contribution in [1.29, 1.82) is 0 Å². The summed E-state index contributed by atoms with van der Waals surface area (Å²) in [5, 5.41) is 3.33. The van der Waals surface area contributed by atoms with Crippen LogP contribution >= 0.6 is 23.1 Å². The summed E-state index contributed by atoms with van der Waals surface area (Å²) in [6.07, 6.45) is 1.25. The number of thioether (sulfide) groups is 1. The molecule has 2 heterocycles. The summed E-state index contributed by atoms with van der Waals surface area (Å²) in [7, 11) is 2.01. The molecule has 0 spiro atoms. The molecular formula is C12H17NS2. The predicted octanol–water partition coefficient (Wildman–Crippen LogP) is 3.37. The average molecular weight is 239 g/mol. The number of nitrogens with one attached hydrogen (secondary N) is 1. The van der Waals surface area contributed by atoms with Gasteiger partial charge < -0.3 is 5.32 Å². The Morgan fingerprint density at radius 1 is 1.60 bits per heavy atom. The van der Waals surface area contributed by atoms with Crippen LogP contribution in [0.2, 0.25) is 0 Å². The Morgan fingerprint density at radius 3 is 3.00 bits per heavy atom. The standard InChI is InChI=1S/C12H17NS2/c1-8(2)12(13-3)11-6-9-7-14-5-4-10(9)15-11/h6,12-13H,1,4-5,7H2,2-3H3. The van der Waals surface area contributed by atoms with E-state index in [2.05, 4.69) is 24.9 Å². The van der Waals surface area contributed by atoms with E-state index in [0.29, 0.717) is 6.04 Å². The summed E-state index contributed by atoms with van der Waals surface area (Å²) >= 11 is 4.00. The number of fused-ring (bicyclic) bond motifs is 1. The Hall–Kier alpha value is -0.250. The first-order chi connectivity index (χ1) is 7.22. The van der Waals surface area contributed by atoms with E-state index in [1.807, 2.05) is 30.1 Å². The molecule has 1 nitrogen and oxygen atoms in total. The molecule has 3 heteroatoms. The first-order valence-corrected chi connectivity index (χ1v) is 7.21. The van der Waals surface area contributed by atoms with Crippen LogP contribution in [-0.4, -0.2) is 12.8 Å². The lowest BCUT2D eigenvalue weighted by Crippen LogP contribution is -2.15. The Balaban J connectivity index is 2.28. The van der Waals surface area contributed by atoms with Crippen LogP contribution in [0, 0.1) is 0 Å². The number of hydrogen-bond acceptors (Lipinski definition) is 3.